The fourth-order valence-corrected chi connectivity index (χ4v) is 3.44. The Kier molecular flexibility index (Phi) is 5.27. The first-order chi connectivity index (χ1) is 12.1. The Labute approximate surface area is 150 Å². The zero-order chi connectivity index (χ0) is 17.8. The topological polar surface area (TPSA) is 32.8 Å². The molecular formula is C21H26N2O2. The van der Waals surface area contributed by atoms with E-state index in [1.165, 1.54) is 11.3 Å². The van der Waals surface area contributed by atoms with Crippen LogP contribution >= 0.6 is 0 Å². The second-order valence-electron chi connectivity index (χ2n) is 6.75. The molecule has 0 unspecified atom stereocenters. The molecule has 4 nitrogen and oxygen atoms in total. The predicted molar refractivity (Wildman–Crippen MR) is 101 cm³/mol. The van der Waals surface area contributed by atoms with Gasteiger partial charge >= 0.3 is 0 Å². The average Bonchev–Trinajstić information content (AvgIpc) is 2.61. The number of rotatable bonds is 4. The van der Waals surface area contributed by atoms with E-state index in [0.29, 0.717) is 12.5 Å². The van der Waals surface area contributed by atoms with Crippen LogP contribution in [0.2, 0.25) is 0 Å². The second-order valence-corrected chi connectivity index (χ2v) is 6.75. The summed E-state index contributed by atoms with van der Waals surface area (Å²) in [4.78, 5) is 17.1. The number of carbonyl (C=O) groups is 1. The summed E-state index contributed by atoms with van der Waals surface area (Å²) in [5.41, 5.74) is 3.51. The van der Waals surface area contributed by atoms with E-state index in [0.717, 1.165) is 30.9 Å². The number of piperazine rings is 1. The molecule has 0 aliphatic carbocycles. The van der Waals surface area contributed by atoms with Gasteiger partial charge in [-0.25, -0.2) is 0 Å². The summed E-state index contributed by atoms with van der Waals surface area (Å²) in [5, 5.41) is 0. The summed E-state index contributed by atoms with van der Waals surface area (Å²) in [7, 11) is 1.65. The van der Waals surface area contributed by atoms with Gasteiger partial charge in [-0.1, -0.05) is 24.3 Å². The third-order valence-corrected chi connectivity index (χ3v) is 4.80. The van der Waals surface area contributed by atoms with Crippen LogP contribution in [-0.4, -0.2) is 43.6 Å². The first-order valence-electron chi connectivity index (χ1n) is 8.81. The number of methoxy groups -OCH3 is 1. The van der Waals surface area contributed by atoms with Crippen molar-refractivity contribution in [1.29, 1.82) is 0 Å². The molecule has 0 radical (unpaired) electrons. The van der Waals surface area contributed by atoms with Crippen molar-refractivity contribution in [2.75, 3.05) is 31.6 Å². The van der Waals surface area contributed by atoms with Crippen LogP contribution in [0.1, 0.15) is 18.1 Å². The highest BCUT2D eigenvalue weighted by atomic mass is 16.5. The van der Waals surface area contributed by atoms with Gasteiger partial charge in [-0.3, -0.25) is 4.79 Å². The van der Waals surface area contributed by atoms with E-state index >= 15 is 0 Å². The van der Waals surface area contributed by atoms with Crippen molar-refractivity contribution in [1.82, 2.24) is 4.90 Å². The van der Waals surface area contributed by atoms with Crippen molar-refractivity contribution in [2.45, 2.75) is 26.3 Å². The number of anilines is 1. The van der Waals surface area contributed by atoms with Crippen molar-refractivity contribution in [2.24, 2.45) is 0 Å². The Balaban J connectivity index is 1.63. The van der Waals surface area contributed by atoms with Crippen molar-refractivity contribution in [3.05, 3.63) is 59.7 Å². The smallest absolute Gasteiger partial charge is 0.227 e. The predicted octanol–water partition coefficient (Wildman–Crippen LogP) is 3.28. The van der Waals surface area contributed by atoms with E-state index in [1.807, 2.05) is 29.2 Å². The van der Waals surface area contributed by atoms with E-state index in [-0.39, 0.29) is 5.91 Å². The molecule has 1 fully saturated rings. The van der Waals surface area contributed by atoms with Gasteiger partial charge in [-0.2, -0.15) is 0 Å². The van der Waals surface area contributed by atoms with Gasteiger partial charge in [0.15, 0.2) is 0 Å². The zero-order valence-electron chi connectivity index (χ0n) is 15.2. The average molecular weight is 338 g/mol. The Morgan fingerprint density at radius 1 is 1.16 bits per heavy atom. The number of hydrogen-bond acceptors (Lipinski definition) is 3. The minimum atomic E-state index is 0.184. The van der Waals surface area contributed by atoms with Crippen molar-refractivity contribution in [3.8, 4) is 5.75 Å². The molecule has 2 aromatic carbocycles. The van der Waals surface area contributed by atoms with Crippen LogP contribution in [0.5, 0.6) is 5.75 Å². The fourth-order valence-electron chi connectivity index (χ4n) is 3.44. The van der Waals surface area contributed by atoms with Gasteiger partial charge in [0.05, 0.1) is 13.5 Å². The molecule has 1 atom stereocenters. The lowest BCUT2D eigenvalue weighted by Crippen LogP contribution is -2.54. The summed E-state index contributed by atoms with van der Waals surface area (Å²) >= 11 is 0. The largest absolute Gasteiger partial charge is 0.497 e. The highest BCUT2D eigenvalue weighted by Crippen LogP contribution is 2.22. The van der Waals surface area contributed by atoms with E-state index in [2.05, 4.69) is 43.0 Å². The first kappa shape index (κ1) is 17.3. The van der Waals surface area contributed by atoms with Gasteiger partial charge in [0.25, 0.3) is 0 Å². The highest BCUT2D eigenvalue weighted by molar-refractivity contribution is 5.79. The van der Waals surface area contributed by atoms with E-state index in [9.17, 15) is 4.79 Å². The maximum absolute atomic E-state index is 12.7. The zero-order valence-corrected chi connectivity index (χ0v) is 15.2. The molecule has 0 spiro atoms. The number of carbonyl (C=O) groups excluding carboxylic acids is 1. The third-order valence-electron chi connectivity index (χ3n) is 4.80. The molecule has 0 N–H and O–H groups in total. The summed E-state index contributed by atoms with van der Waals surface area (Å²) in [6.07, 6.45) is 0.425. The molecule has 1 heterocycles. The minimum absolute atomic E-state index is 0.184. The molecule has 1 aliphatic heterocycles. The number of nitrogens with zero attached hydrogens (tertiary/aromatic N) is 2. The van der Waals surface area contributed by atoms with Crippen LogP contribution in [-0.2, 0) is 11.2 Å². The van der Waals surface area contributed by atoms with Crippen molar-refractivity contribution >= 4 is 11.6 Å². The lowest BCUT2D eigenvalue weighted by molar-refractivity contribution is -0.131. The van der Waals surface area contributed by atoms with Gasteiger partial charge < -0.3 is 14.5 Å². The van der Waals surface area contributed by atoms with Gasteiger partial charge in [0.1, 0.15) is 5.75 Å². The molecule has 3 rings (SSSR count). The van der Waals surface area contributed by atoms with E-state index < -0.39 is 0 Å². The van der Waals surface area contributed by atoms with Gasteiger partial charge in [0.2, 0.25) is 5.91 Å². The van der Waals surface area contributed by atoms with Crippen LogP contribution in [0.3, 0.4) is 0 Å². The number of benzene rings is 2. The summed E-state index contributed by atoms with van der Waals surface area (Å²) in [6.45, 7) is 6.70. The summed E-state index contributed by atoms with van der Waals surface area (Å²) in [6, 6.07) is 16.6. The molecule has 0 bridgehead atoms. The molecule has 1 saturated heterocycles. The van der Waals surface area contributed by atoms with E-state index in [4.69, 9.17) is 4.74 Å². The number of ether oxygens (including phenoxy) is 1. The van der Waals surface area contributed by atoms with Crippen molar-refractivity contribution in [3.63, 3.8) is 0 Å². The molecule has 0 aromatic heterocycles. The number of hydrogen-bond donors (Lipinski definition) is 0. The molecule has 4 heteroatoms. The maximum atomic E-state index is 12.7. The van der Waals surface area contributed by atoms with Gasteiger partial charge in [-0.05, 0) is 49.2 Å². The molecule has 132 valence electrons. The van der Waals surface area contributed by atoms with Crippen LogP contribution in [0.4, 0.5) is 5.69 Å². The van der Waals surface area contributed by atoms with Gasteiger partial charge in [0, 0.05) is 31.4 Å². The lowest BCUT2D eigenvalue weighted by atomic mass is 10.1. The standard InChI is InChI=1S/C21H26N2O2/c1-16-6-4-8-19(12-16)23-11-10-22(15-17(23)2)21(24)14-18-7-5-9-20(13-18)25-3/h4-9,12-13,17H,10-11,14-15H2,1-3H3/t17-/m0/s1. The lowest BCUT2D eigenvalue weighted by Gasteiger charge is -2.41. The summed E-state index contributed by atoms with van der Waals surface area (Å²) < 4.78 is 5.24. The highest BCUT2D eigenvalue weighted by Gasteiger charge is 2.26. The molecule has 2 aromatic rings. The van der Waals surface area contributed by atoms with Crippen LogP contribution in [0.15, 0.2) is 48.5 Å². The van der Waals surface area contributed by atoms with Crippen LogP contribution in [0.25, 0.3) is 0 Å². The Morgan fingerprint density at radius 2 is 1.96 bits per heavy atom. The molecule has 1 aliphatic rings. The SMILES string of the molecule is COc1cccc(CC(=O)N2CCN(c3cccc(C)c3)[C@@H](C)C2)c1. The fraction of sp³-hybridized carbons (Fsp3) is 0.381. The molecule has 0 saturated carbocycles. The minimum Gasteiger partial charge on any atom is -0.497 e. The second kappa shape index (κ2) is 7.60. The maximum Gasteiger partial charge on any atom is 0.227 e. The normalized spacial score (nSPS) is 17.5. The molecular weight excluding hydrogens is 312 g/mol. The summed E-state index contributed by atoms with van der Waals surface area (Å²) in [5.74, 6) is 0.979. The molecule has 25 heavy (non-hydrogen) atoms. The van der Waals surface area contributed by atoms with Crippen LogP contribution < -0.4 is 9.64 Å². The quantitative estimate of drug-likeness (QED) is 0.858. The Hall–Kier alpha value is -2.49. The monoisotopic (exact) mass is 338 g/mol. The Bertz CT molecular complexity index is 744. The number of aryl methyl sites for hydroxylation is 1. The van der Waals surface area contributed by atoms with Crippen molar-refractivity contribution < 1.29 is 9.53 Å². The first-order valence-corrected chi connectivity index (χ1v) is 8.81. The molecule has 1 amide bonds. The van der Waals surface area contributed by atoms with Crippen LogP contribution in [0, 0.1) is 6.92 Å². The third kappa shape index (κ3) is 4.13. The van der Waals surface area contributed by atoms with Gasteiger partial charge in [-0.15, -0.1) is 0 Å². The van der Waals surface area contributed by atoms with E-state index in [1.54, 1.807) is 7.11 Å². The number of amides is 1. The Morgan fingerprint density at radius 3 is 2.68 bits per heavy atom.